The molecule has 9 rings (SSSR count). The topological polar surface area (TPSA) is 199 Å². The van der Waals surface area contributed by atoms with Gasteiger partial charge in [0.25, 0.3) is 0 Å². The summed E-state index contributed by atoms with van der Waals surface area (Å²) < 4.78 is 262. The van der Waals surface area contributed by atoms with Crippen LogP contribution < -0.4 is 18.9 Å². The molecule has 2 atom stereocenters. The molecule has 0 fully saturated rings. The third kappa shape index (κ3) is 16.2. The van der Waals surface area contributed by atoms with E-state index >= 15 is 0 Å². The Morgan fingerprint density at radius 2 is 0.444 bits per heavy atom. The predicted molar refractivity (Wildman–Crippen MR) is 364 cm³/mol. The van der Waals surface area contributed by atoms with E-state index in [4.69, 9.17) is 18.9 Å². The fourth-order valence-corrected chi connectivity index (χ4v) is 13.0. The van der Waals surface area contributed by atoms with Crippen LogP contribution in [-0.2, 0) is 0 Å². The number of ether oxygens (including phenoxy) is 4. The van der Waals surface area contributed by atoms with Gasteiger partial charge >= 0.3 is 47.6 Å². The highest BCUT2D eigenvalue weighted by atomic mass is 19.4. The maximum atomic E-state index is 14.9. The zero-order valence-corrected chi connectivity index (χ0v) is 58.1. The molecule has 1 aliphatic carbocycles. The summed E-state index contributed by atoms with van der Waals surface area (Å²) in [7, 11) is 0. The van der Waals surface area contributed by atoms with Crippen molar-refractivity contribution in [2.24, 2.45) is 0 Å². The number of hydrogen-bond acceptors (Lipinski definition) is 12. The molecule has 0 spiro atoms. The summed E-state index contributed by atoms with van der Waals surface area (Å²) in [6, 6.07) is 34.5. The number of phenolic OH excluding ortho intramolecular Hbond substituents is 8. The van der Waals surface area contributed by atoms with Crippen LogP contribution in [0.15, 0.2) is 146 Å². The molecule has 8 N–H and O–H groups in total. The molecule has 0 saturated carbocycles. The van der Waals surface area contributed by atoms with Gasteiger partial charge in [-0.25, -0.2) is 0 Å². The van der Waals surface area contributed by atoms with E-state index in [0.29, 0.717) is 53.8 Å². The zero-order valence-electron chi connectivity index (χ0n) is 58.1. The number of phenols is 8. The van der Waals surface area contributed by atoms with Crippen molar-refractivity contribution in [3.05, 3.63) is 212 Å². The summed E-state index contributed by atoms with van der Waals surface area (Å²) >= 11 is 0. The molecule has 0 aromatic heterocycles. The monoisotopic (exact) mass is 1540 g/mol. The fourth-order valence-electron chi connectivity index (χ4n) is 13.0. The minimum absolute atomic E-state index is 0.00227. The fraction of sp³-hybridized carbons (Fsp3) is 0.392. The van der Waals surface area contributed by atoms with Crippen molar-refractivity contribution in [2.45, 2.75) is 169 Å². The highest BCUT2D eigenvalue weighted by Gasteiger charge is 2.95. The van der Waals surface area contributed by atoms with Gasteiger partial charge < -0.3 is 59.8 Å². The second-order valence-electron chi connectivity index (χ2n) is 26.5. The molecule has 584 valence electrons. The average molecular weight is 1540 g/mol. The summed E-state index contributed by atoms with van der Waals surface area (Å²) in [6.45, 7) is 6.30. The average Bonchev–Trinajstić information content (AvgIpc) is 0.693. The molecule has 2 unspecified atom stereocenters. The van der Waals surface area contributed by atoms with Gasteiger partial charge in [0.15, 0.2) is 0 Å². The second-order valence-corrected chi connectivity index (χ2v) is 26.5. The van der Waals surface area contributed by atoms with E-state index in [0.717, 1.165) is 82.1 Å². The maximum absolute atomic E-state index is 14.9. The van der Waals surface area contributed by atoms with Crippen molar-refractivity contribution in [2.75, 3.05) is 26.4 Å². The van der Waals surface area contributed by atoms with Crippen LogP contribution in [0.5, 0.6) is 69.0 Å². The number of fused-ring (bicyclic) bond motifs is 8. The Morgan fingerprint density at radius 3 is 0.648 bits per heavy atom. The first-order valence-corrected chi connectivity index (χ1v) is 34.6. The maximum Gasteiger partial charge on any atom is 0.460 e. The smallest absolute Gasteiger partial charge is 0.460 e. The SMILES string of the molecule is CCCCCOc1ccc(C2c3cc(c(O)cc3O)C(c3ccc(OCCCCC)cc3)c3cc(c(O)cc3O)C(c3ccc(OCCCCC(F)(F)C(F)(F)C(F)(F)C(F)(F)C(F)(F)C(F)(F)C(F)(F)C(F)(F)F)cc3)c3cc(c(O)cc3O)C(c3ccc(OCCCCC)cc3)c3cc2c(O)cc3O)cc1. The molecule has 8 aromatic rings. The van der Waals surface area contributed by atoms with Gasteiger partial charge in [0.2, 0.25) is 0 Å². The lowest BCUT2D eigenvalue weighted by Gasteiger charge is -2.42. The standard InChI is InChI=1S/C79H77F17O12/c1-4-7-11-32-105-48-23-15-44(16-24-48)68-52-36-54(62(99)40-60(52)97)69(45-17-25-49(26-18-45)106-33-12-8-5-2)56-38-58(66(103)42-64(56)101)71(59-39-57(65(102)43-67(59)104)70(55-37-53(68)61(98)41-63(55)100)46-19-27-50(28-20-46)107-34-13-9-6-3)47-21-29-51(30-22-47)108-35-14-10-31-72(80,81)73(82,83)74(84,85)75(86,87)76(88,89)77(90,91)78(92,93)79(94,95)96/h15-30,36-43,68-71,97-104H,4-14,31-35H2,1-3H3. The number of halogens is 17. The van der Waals surface area contributed by atoms with Crippen molar-refractivity contribution in [1.29, 1.82) is 0 Å². The second kappa shape index (κ2) is 32.5. The van der Waals surface area contributed by atoms with Crippen LogP contribution in [0.1, 0.15) is 188 Å². The molecule has 0 heterocycles. The number of aromatic hydroxyl groups is 8. The molecule has 8 aromatic carbocycles. The number of hydrogen-bond donors (Lipinski definition) is 8. The van der Waals surface area contributed by atoms with Crippen molar-refractivity contribution < 1.29 is 134 Å². The summed E-state index contributed by atoms with van der Waals surface area (Å²) in [5, 5.41) is 99.0. The molecular weight excluding hydrogens is 1460 g/mol. The van der Waals surface area contributed by atoms with Crippen molar-refractivity contribution in [1.82, 2.24) is 0 Å². The van der Waals surface area contributed by atoms with E-state index in [1.807, 2.05) is 20.8 Å². The Hall–Kier alpha value is -9.83. The number of alkyl halides is 17. The third-order valence-electron chi connectivity index (χ3n) is 19.0. The molecule has 29 heteroatoms. The lowest BCUT2D eigenvalue weighted by atomic mass is 9.75. The largest absolute Gasteiger partial charge is 0.507 e. The molecule has 0 amide bonds. The Morgan fingerprint density at radius 1 is 0.250 bits per heavy atom. The Kier molecular flexibility index (Phi) is 24.8. The van der Waals surface area contributed by atoms with Crippen molar-refractivity contribution >= 4 is 0 Å². The van der Waals surface area contributed by atoms with Crippen LogP contribution >= 0.6 is 0 Å². The van der Waals surface area contributed by atoms with Crippen LogP contribution in [0.2, 0.25) is 0 Å². The number of benzene rings is 8. The quantitative estimate of drug-likeness (QED) is 0.0151. The third-order valence-corrected chi connectivity index (χ3v) is 19.0. The first kappa shape index (κ1) is 82.2. The molecule has 0 radical (unpaired) electrons. The van der Waals surface area contributed by atoms with E-state index in [-0.39, 0.29) is 55.8 Å². The summed E-state index contributed by atoms with van der Waals surface area (Å²) in [6.07, 6.45) is -5.39. The molecule has 8 bridgehead atoms. The summed E-state index contributed by atoms with van der Waals surface area (Å²) in [5.41, 5.74) is 0.908. The van der Waals surface area contributed by atoms with E-state index in [1.54, 1.807) is 72.8 Å². The highest BCUT2D eigenvalue weighted by molar-refractivity contribution is 5.67. The molecule has 108 heavy (non-hydrogen) atoms. The predicted octanol–water partition coefficient (Wildman–Crippen LogP) is 21.6. The van der Waals surface area contributed by atoms with Crippen molar-refractivity contribution in [3.8, 4) is 69.0 Å². The summed E-state index contributed by atoms with van der Waals surface area (Å²) in [4.78, 5) is 0. The first-order chi connectivity index (χ1) is 50.7. The van der Waals surface area contributed by atoms with E-state index < -0.39 is 143 Å². The normalized spacial score (nSPS) is 16.1. The molecular formula is C79H77F17O12. The van der Waals surface area contributed by atoms with E-state index in [2.05, 4.69) is 0 Å². The van der Waals surface area contributed by atoms with Crippen LogP contribution in [0, 0.1) is 0 Å². The van der Waals surface area contributed by atoms with Gasteiger partial charge in [0.05, 0.1) is 26.4 Å². The van der Waals surface area contributed by atoms with Gasteiger partial charge in [0, 0.05) is 98.9 Å². The lowest BCUT2D eigenvalue weighted by molar-refractivity contribution is -0.461. The van der Waals surface area contributed by atoms with Gasteiger partial charge in [-0.15, -0.1) is 0 Å². The molecule has 0 aliphatic heterocycles. The summed E-state index contributed by atoms with van der Waals surface area (Å²) in [5.74, 6) is -66.2. The van der Waals surface area contributed by atoms with Gasteiger partial charge in [-0.3, -0.25) is 0 Å². The Bertz CT molecular complexity index is 4210. The van der Waals surface area contributed by atoms with E-state index in [1.165, 1.54) is 48.5 Å². The van der Waals surface area contributed by atoms with Crippen molar-refractivity contribution in [3.63, 3.8) is 0 Å². The number of rotatable bonds is 31. The van der Waals surface area contributed by atoms with Crippen LogP contribution in [0.25, 0.3) is 0 Å². The molecule has 1 aliphatic rings. The highest BCUT2D eigenvalue weighted by Crippen LogP contribution is 2.65. The van der Waals surface area contributed by atoms with E-state index in [9.17, 15) is 115 Å². The van der Waals surface area contributed by atoms with Gasteiger partial charge in [-0.05, 0) is 127 Å². The Balaban J connectivity index is 1.19. The minimum Gasteiger partial charge on any atom is -0.507 e. The Labute approximate surface area is 609 Å². The molecule has 12 nitrogen and oxygen atoms in total. The van der Waals surface area contributed by atoms with Gasteiger partial charge in [-0.1, -0.05) is 108 Å². The van der Waals surface area contributed by atoms with Crippen LogP contribution in [0.3, 0.4) is 0 Å². The number of unbranched alkanes of at least 4 members (excludes halogenated alkanes) is 7. The minimum atomic E-state index is -8.77. The van der Waals surface area contributed by atoms with Crippen LogP contribution in [0.4, 0.5) is 74.6 Å². The first-order valence-electron chi connectivity index (χ1n) is 34.6. The van der Waals surface area contributed by atoms with Crippen LogP contribution in [-0.4, -0.2) is 115 Å². The zero-order chi connectivity index (χ0) is 79.3. The lowest BCUT2D eigenvalue weighted by Crippen LogP contribution is -2.74. The van der Waals surface area contributed by atoms with Gasteiger partial charge in [-0.2, -0.15) is 74.6 Å². The van der Waals surface area contributed by atoms with Gasteiger partial charge in [0.1, 0.15) is 69.0 Å². The molecule has 0 saturated heterocycles.